The Morgan fingerprint density at radius 1 is 1.28 bits per heavy atom. The molecule has 1 atom stereocenters. The zero-order valence-corrected chi connectivity index (χ0v) is 15.4. The largest absolute Gasteiger partial charge is 0.335 e. The molecule has 0 saturated heterocycles. The molecule has 0 spiro atoms. The van der Waals surface area contributed by atoms with Gasteiger partial charge in [0.25, 0.3) is 0 Å². The molecule has 0 aliphatic rings. The number of nitrogens with zero attached hydrogens (tertiary/aromatic N) is 4. The Kier molecular flexibility index (Phi) is 5.31. The molecule has 0 bridgehead atoms. The van der Waals surface area contributed by atoms with E-state index in [1.54, 1.807) is 35.1 Å². The normalized spacial score (nSPS) is 12.4. The molecule has 1 amide bonds. The monoisotopic (exact) mass is 372 g/mol. The summed E-state index contributed by atoms with van der Waals surface area (Å²) in [6, 6.07) is 11.6. The van der Waals surface area contributed by atoms with Crippen molar-refractivity contribution in [3.8, 4) is 5.69 Å². The highest BCUT2D eigenvalue weighted by atomic mass is 35.5. The standard InChI is InChI=1S/C18H17ClN4OS/c1-13(14-3-5-15(6-4-14)23-12-20-11-21-23)22(2)18(24)10-8-16-7-9-17(19)25-16/h3-13H,1-2H3/b10-8+. The third-order valence-electron chi connectivity index (χ3n) is 3.97. The van der Waals surface area contributed by atoms with E-state index < -0.39 is 0 Å². The summed E-state index contributed by atoms with van der Waals surface area (Å²) in [4.78, 5) is 19.0. The quantitative estimate of drug-likeness (QED) is 0.630. The fourth-order valence-corrected chi connectivity index (χ4v) is 3.31. The van der Waals surface area contributed by atoms with Crippen LogP contribution in [0, 0.1) is 0 Å². The molecule has 5 nitrogen and oxygen atoms in total. The second-order valence-corrected chi connectivity index (χ2v) is 7.28. The number of benzene rings is 1. The lowest BCUT2D eigenvalue weighted by molar-refractivity contribution is -0.126. The fraction of sp³-hybridized carbons (Fsp3) is 0.167. The zero-order valence-electron chi connectivity index (χ0n) is 13.8. The summed E-state index contributed by atoms with van der Waals surface area (Å²) in [7, 11) is 1.80. The summed E-state index contributed by atoms with van der Waals surface area (Å²) < 4.78 is 2.40. The van der Waals surface area contributed by atoms with Gasteiger partial charge < -0.3 is 4.90 Å². The van der Waals surface area contributed by atoms with Gasteiger partial charge in [-0.2, -0.15) is 5.10 Å². The molecule has 0 aliphatic carbocycles. The van der Waals surface area contributed by atoms with Gasteiger partial charge in [-0.25, -0.2) is 9.67 Å². The summed E-state index contributed by atoms with van der Waals surface area (Å²) in [6.45, 7) is 2.00. The fourth-order valence-electron chi connectivity index (χ4n) is 2.35. The topological polar surface area (TPSA) is 51.0 Å². The lowest BCUT2D eigenvalue weighted by Gasteiger charge is -2.24. The van der Waals surface area contributed by atoms with Crippen LogP contribution in [0.2, 0.25) is 4.34 Å². The number of amides is 1. The van der Waals surface area contributed by atoms with Crippen LogP contribution in [-0.4, -0.2) is 32.6 Å². The van der Waals surface area contributed by atoms with Crippen molar-refractivity contribution in [1.29, 1.82) is 0 Å². The van der Waals surface area contributed by atoms with E-state index in [4.69, 9.17) is 11.6 Å². The van der Waals surface area contributed by atoms with Crippen molar-refractivity contribution in [1.82, 2.24) is 19.7 Å². The van der Waals surface area contributed by atoms with Crippen LogP contribution in [0.25, 0.3) is 11.8 Å². The molecule has 0 fully saturated rings. The Morgan fingerprint density at radius 3 is 2.64 bits per heavy atom. The number of carbonyl (C=O) groups is 1. The molecule has 0 saturated carbocycles. The number of halogens is 1. The van der Waals surface area contributed by atoms with Crippen molar-refractivity contribution in [2.75, 3.05) is 7.05 Å². The van der Waals surface area contributed by atoms with Gasteiger partial charge in [-0.3, -0.25) is 4.79 Å². The molecule has 2 heterocycles. The molecule has 0 aliphatic heterocycles. The first kappa shape index (κ1) is 17.4. The van der Waals surface area contributed by atoms with E-state index in [0.29, 0.717) is 4.34 Å². The third kappa shape index (κ3) is 4.15. The number of rotatable bonds is 5. The minimum Gasteiger partial charge on any atom is -0.335 e. The van der Waals surface area contributed by atoms with Crippen molar-refractivity contribution in [3.63, 3.8) is 0 Å². The van der Waals surface area contributed by atoms with Gasteiger partial charge in [0.05, 0.1) is 16.1 Å². The molecule has 2 aromatic heterocycles. The zero-order chi connectivity index (χ0) is 17.8. The molecule has 0 N–H and O–H groups in total. The summed E-state index contributed by atoms with van der Waals surface area (Å²) >= 11 is 7.34. The van der Waals surface area contributed by atoms with Crippen LogP contribution in [0.3, 0.4) is 0 Å². The summed E-state index contributed by atoms with van der Waals surface area (Å²) in [5.41, 5.74) is 1.98. The predicted octanol–water partition coefficient (Wildman–Crippen LogP) is 4.22. The van der Waals surface area contributed by atoms with Crippen LogP contribution in [0.5, 0.6) is 0 Å². The average molecular weight is 373 g/mol. The maximum atomic E-state index is 12.4. The van der Waals surface area contributed by atoms with Crippen LogP contribution >= 0.6 is 22.9 Å². The number of carbonyl (C=O) groups excluding carboxylic acids is 1. The summed E-state index contributed by atoms with van der Waals surface area (Å²) in [5.74, 6) is -0.0580. The van der Waals surface area contributed by atoms with Crippen LogP contribution < -0.4 is 0 Å². The number of hydrogen-bond donors (Lipinski definition) is 0. The molecule has 3 rings (SSSR count). The van der Waals surface area contributed by atoms with Gasteiger partial charge in [0, 0.05) is 18.0 Å². The Balaban J connectivity index is 1.67. The van der Waals surface area contributed by atoms with E-state index in [0.717, 1.165) is 16.1 Å². The molecule has 1 aromatic carbocycles. The molecular formula is C18H17ClN4OS. The number of likely N-dealkylation sites (N-methyl/N-ethyl adjacent to an activating group) is 1. The predicted molar refractivity (Wildman–Crippen MR) is 101 cm³/mol. The first-order valence-electron chi connectivity index (χ1n) is 7.70. The number of hydrogen-bond acceptors (Lipinski definition) is 4. The number of thiophene rings is 1. The molecule has 1 unspecified atom stereocenters. The molecule has 25 heavy (non-hydrogen) atoms. The van der Waals surface area contributed by atoms with Crippen molar-refractivity contribution in [3.05, 3.63) is 69.9 Å². The van der Waals surface area contributed by atoms with Crippen molar-refractivity contribution in [2.24, 2.45) is 0 Å². The second-order valence-electron chi connectivity index (χ2n) is 5.53. The molecular weight excluding hydrogens is 356 g/mol. The van der Waals surface area contributed by atoms with Crippen molar-refractivity contribution >= 4 is 34.9 Å². The minimum absolute atomic E-state index is 0.0473. The summed E-state index contributed by atoms with van der Waals surface area (Å²) in [6.07, 6.45) is 6.50. The maximum Gasteiger partial charge on any atom is 0.246 e. The van der Waals surface area contributed by atoms with Gasteiger partial charge in [0.1, 0.15) is 12.7 Å². The van der Waals surface area contributed by atoms with E-state index in [1.165, 1.54) is 17.7 Å². The van der Waals surface area contributed by atoms with E-state index in [1.807, 2.05) is 43.3 Å². The Hall–Kier alpha value is -2.44. The van der Waals surface area contributed by atoms with Crippen LogP contribution in [0.4, 0.5) is 0 Å². The smallest absolute Gasteiger partial charge is 0.246 e. The highest BCUT2D eigenvalue weighted by Crippen LogP contribution is 2.23. The van der Waals surface area contributed by atoms with Gasteiger partial charge in [0.2, 0.25) is 5.91 Å². The van der Waals surface area contributed by atoms with Crippen molar-refractivity contribution < 1.29 is 4.79 Å². The van der Waals surface area contributed by atoms with Crippen LogP contribution in [0.1, 0.15) is 23.4 Å². The Labute approximate surface area is 155 Å². The SMILES string of the molecule is CC(c1ccc(-n2cncn2)cc1)N(C)C(=O)/C=C/c1ccc(Cl)s1. The van der Waals surface area contributed by atoms with E-state index in [2.05, 4.69) is 10.1 Å². The first-order valence-corrected chi connectivity index (χ1v) is 8.89. The van der Waals surface area contributed by atoms with Gasteiger partial charge in [-0.15, -0.1) is 11.3 Å². The highest BCUT2D eigenvalue weighted by Gasteiger charge is 2.15. The third-order valence-corrected chi connectivity index (χ3v) is 5.17. The lowest BCUT2D eigenvalue weighted by Crippen LogP contribution is -2.27. The van der Waals surface area contributed by atoms with Gasteiger partial charge in [-0.1, -0.05) is 23.7 Å². The van der Waals surface area contributed by atoms with Gasteiger partial charge in [-0.05, 0) is 42.8 Å². The van der Waals surface area contributed by atoms with E-state index >= 15 is 0 Å². The average Bonchev–Trinajstić information content (AvgIpc) is 3.30. The molecule has 128 valence electrons. The highest BCUT2D eigenvalue weighted by molar-refractivity contribution is 7.17. The minimum atomic E-state index is -0.0580. The second kappa shape index (κ2) is 7.63. The van der Waals surface area contributed by atoms with Crippen molar-refractivity contribution in [2.45, 2.75) is 13.0 Å². The maximum absolute atomic E-state index is 12.4. The number of aromatic nitrogens is 3. The van der Waals surface area contributed by atoms with Crippen LogP contribution in [0.15, 0.2) is 55.1 Å². The summed E-state index contributed by atoms with van der Waals surface area (Å²) in [5, 5.41) is 4.10. The van der Waals surface area contributed by atoms with E-state index in [9.17, 15) is 4.79 Å². The lowest BCUT2D eigenvalue weighted by atomic mass is 10.1. The Bertz CT molecular complexity index is 871. The molecule has 7 heteroatoms. The van der Waals surface area contributed by atoms with Gasteiger partial charge >= 0.3 is 0 Å². The van der Waals surface area contributed by atoms with Crippen LogP contribution in [-0.2, 0) is 4.79 Å². The molecule has 0 radical (unpaired) electrons. The van der Waals surface area contributed by atoms with Gasteiger partial charge in [0.15, 0.2) is 0 Å². The molecule has 3 aromatic rings. The van der Waals surface area contributed by atoms with E-state index in [-0.39, 0.29) is 11.9 Å². The Morgan fingerprint density at radius 2 is 2.04 bits per heavy atom. The first-order chi connectivity index (χ1) is 12.0.